The first-order valence-electron chi connectivity index (χ1n) is 5.39. The third kappa shape index (κ3) is 5.91. The van der Waals surface area contributed by atoms with E-state index in [1.807, 2.05) is 24.3 Å². The first kappa shape index (κ1) is 15.0. The molecule has 0 aliphatic rings. The van der Waals surface area contributed by atoms with Gasteiger partial charge in [-0.15, -0.1) is 0 Å². The van der Waals surface area contributed by atoms with Gasteiger partial charge in [-0.2, -0.15) is 10.2 Å². The molecule has 0 aliphatic carbocycles. The van der Waals surface area contributed by atoms with Crippen LogP contribution in [0.15, 0.2) is 38.9 Å². The molecule has 7 heteroatoms. The fourth-order valence-electron chi connectivity index (χ4n) is 1.11. The third-order valence-corrected chi connectivity index (χ3v) is 2.41. The molecule has 0 saturated heterocycles. The van der Waals surface area contributed by atoms with E-state index in [9.17, 15) is 9.59 Å². The highest BCUT2D eigenvalue weighted by Crippen LogP contribution is 2.10. The van der Waals surface area contributed by atoms with Crippen LogP contribution in [0, 0.1) is 0 Å². The Kier molecular flexibility index (Phi) is 5.87. The average Bonchev–Trinajstić information content (AvgIpc) is 2.34. The van der Waals surface area contributed by atoms with Crippen LogP contribution in [-0.2, 0) is 9.59 Å². The van der Waals surface area contributed by atoms with Crippen molar-refractivity contribution in [2.45, 2.75) is 13.8 Å². The Hall–Kier alpha value is -2.02. The monoisotopic (exact) mass is 324 g/mol. The number of hydrogen-bond acceptors (Lipinski definition) is 4. The molecule has 1 rings (SSSR count). The second kappa shape index (κ2) is 7.42. The lowest BCUT2D eigenvalue weighted by molar-refractivity contribution is -0.119. The van der Waals surface area contributed by atoms with Gasteiger partial charge >= 0.3 is 0 Å². The van der Waals surface area contributed by atoms with Crippen molar-refractivity contribution in [2.24, 2.45) is 10.2 Å². The van der Waals surface area contributed by atoms with Gasteiger partial charge < -0.3 is 0 Å². The van der Waals surface area contributed by atoms with Gasteiger partial charge in [0.25, 0.3) is 0 Å². The summed E-state index contributed by atoms with van der Waals surface area (Å²) in [5, 5.41) is 7.65. The van der Waals surface area contributed by atoms with Crippen molar-refractivity contribution in [2.75, 3.05) is 0 Å². The maximum absolute atomic E-state index is 10.9. The number of benzene rings is 1. The predicted octanol–water partition coefficient (Wildman–Crippen LogP) is 1.41. The van der Waals surface area contributed by atoms with E-state index in [4.69, 9.17) is 0 Å². The van der Waals surface area contributed by atoms with E-state index < -0.39 is 0 Å². The summed E-state index contributed by atoms with van der Waals surface area (Å²) in [6.45, 7) is 2.70. The van der Waals surface area contributed by atoms with Crippen LogP contribution < -0.4 is 10.9 Å². The molecule has 0 unspecified atom stereocenters. The Labute approximate surface area is 119 Å². The molecule has 0 aliphatic heterocycles. The number of halogens is 1. The second-order valence-electron chi connectivity index (χ2n) is 3.60. The fourth-order valence-corrected chi connectivity index (χ4v) is 1.38. The van der Waals surface area contributed by atoms with Crippen LogP contribution in [0.5, 0.6) is 0 Å². The number of carbonyl (C=O) groups is 2. The number of hydrogen-bond donors (Lipinski definition) is 2. The standard InChI is InChI=1S/C12H13BrN4O2/c1-8(18)15-14-7-12(17-16-9(2)19)10-3-5-11(13)6-4-10/h3-7H,1-2H3,(H,15,18)(H,16,19)/b14-7+,17-12-. The molecule has 19 heavy (non-hydrogen) atoms. The molecule has 6 nitrogen and oxygen atoms in total. The summed E-state index contributed by atoms with van der Waals surface area (Å²) in [7, 11) is 0. The van der Waals surface area contributed by atoms with E-state index in [0.29, 0.717) is 5.71 Å². The summed E-state index contributed by atoms with van der Waals surface area (Å²) in [5.41, 5.74) is 5.79. The van der Waals surface area contributed by atoms with Gasteiger partial charge in [0.1, 0.15) is 5.71 Å². The smallest absolute Gasteiger partial charge is 0.236 e. The van der Waals surface area contributed by atoms with Gasteiger partial charge in [-0.05, 0) is 12.1 Å². The van der Waals surface area contributed by atoms with Gasteiger partial charge in [0.05, 0.1) is 6.21 Å². The molecule has 2 amide bonds. The van der Waals surface area contributed by atoms with Crippen molar-refractivity contribution in [1.82, 2.24) is 10.9 Å². The van der Waals surface area contributed by atoms with Crippen LogP contribution in [0.4, 0.5) is 0 Å². The van der Waals surface area contributed by atoms with E-state index in [-0.39, 0.29) is 11.8 Å². The Balaban J connectivity index is 2.94. The second-order valence-corrected chi connectivity index (χ2v) is 4.51. The number of hydrazone groups is 2. The summed E-state index contributed by atoms with van der Waals surface area (Å²) in [6, 6.07) is 7.30. The van der Waals surface area contributed by atoms with E-state index in [1.165, 1.54) is 20.1 Å². The highest BCUT2D eigenvalue weighted by Gasteiger charge is 2.02. The zero-order valence-corrected chi connectivity index (χ0v) is 12.1. The first-order chi connectivity index (χ1) is 8.99. The Morgan fingerprint density at radius 3 is 2.21 bits per heavy atom. The van der Waals surface area contributed by atoms with E-state index >= 15 is 0 Å². The minimum Gasteiger partial charge on any atom is -0.274 e. The van der Waals surface area contributed by atoms with Gasteiger partial charge in [-0.1, -0.05) is 28.1 Å². The fraction of sp³-hybridized carbons (Fsp3) is 0.167. The van der Waals surface area contributed by atoms with Crippen molar-refractivity contribution >= 4 is 39.7 Å². The normalized spacial score (nSPS) is 11.4. The van der Waals surface area contributed by atoms with E-state index in [2.05, 4.69) is 37.0 Å². The Bertz CT molecular complexity index is 523. The van der Waals surface area contributed by atoms with Crippen LogP contribution >= 0.6 is 15.9 Å². The van der Waals surface area contributed by atoms with Crippen LogP contribution in [0.1, 0.15) is 19.4 Å². The van der Waals surface area contributed by atoms with Crippen LogP contribution in [0.2, 0.25) is 0 Å². The SMILES string of the molecule is CC(=O)N/N=C/C(=N/NC(C)=O)c1ccc(Br)cc1. The molecule has 1 aromatic carbocycles. The highest BCUT2D eigenvalue weighted by atomic mass is 79.9. The molecule has 0 fully saturated rings. The summed E-state index contributed by atoms with van der Waals surface area (Å²) in [5.74, 6) is -0.575. The lowest BCUT2D eigenvalue weighted by Crippen LogP contribution is -2.19. The largest absolute Gasteiger partial charge is 0.274 e. The molecule has 100 valence electrons. The topological polar surface area (TPSA) is 82.9 Å². The molecule has 0 atom stereocenters. The number of nitrogens with zero attached hydrogens (tertiary/aromatic N) is 2. The summed E-state index contributed by atoms with van der Waals surface area (Å²) in [4.78, 5) is 21.6. The van der Waals surface area contributed by atoms with E-state index in [0.717, 1.165) is 10.0 Å². The third-order valence-electron chi connectivity index (χ3n) is 1.88. The Morgan fingerprint density at radius 2 is 1.68 bits per heavy atom. The molecule has 0 radical (unpaired) electrons. The van der Waals surface area contributed by atoms with E-state index in [1.54, 1.807) is 0 Å². The molecular weight excluding hydrogens is 312 g/mol. The van der Waals surface area contributed by atoms with Crippen molar-refractivity contribution in [1.29, 1.82) is 0 Å². The van der Waals surface area contributed by atoms with Crippen LogP contribution in [-0.4, -0.2) is 23.7 Å². The number of nitrogens with one attached hydrogen (secondary N) is 2. The van der Waals surface area contributed by atoms with Crippen molar-refractivity contribution in [3.63, 3.8) is 0 Å². The molecule has 1 aromatic rings. The number of carbonyl (C=O) groups excluding carboxylic acids is 2. The molecule has 0 bridgehead atoms. The number of amides is 2. The minimum atomic E-state index is -0.289. The van der Waals surface area contributed by atoms with Crippen LogP contribution in [0.25, 0.3) is 0 Å². The van der Waals surface area contributed by atoms with Gasteiger partial charge in [-0.25, -0.2) is 10.9 Å². The molecular formula is C12H13BrN4O2. The maximum Gasteiger partial charge on any atom is 0.236 e. The van der Waals surface area contributed by atoms with Crippen LogP contribution in [0.3, 0.4) is 0 Å². The summed E-state index contributed by atoms with van der Waals surface area (Å²) in [6.07, 6.45) is 1.36. The maximum atomic E-state index is 10.9. The lowest BCUT2D eigenvalue weighted by atomic mass is 10.1. The number of rotatable bonds is 4. The van der Waals surface area contributed by atoms with Gasteiger partial charge in [-0.3, -0.25) is 9.59 Å². The van der Waals surface area contributed by atoms with Gasteiger partial charge in [0.15, 0.2) is 0 Å². The van der Waals surface area contributed by atoms with Gasteiger partial charge in [0, 0.05) is 23.9 Å². The van der Waals surface area contributed by atoms with Crippen molar-refractivity contribution < 1.29 is 9.59 Å². The molecule has 0 saturated carbocycles. The van der Waals surface area contributed by atoms with Crippen molar-refractivity contribution in [3.05, 3.63) is 34.3 Å². The zero-order valence-electron chi connectivity index (χ0n) is 10.5. The first-order valence-corrected chi connectivity index (χ1v) is 6.18. The molecule has 0 heterocycles. The lowest BCUT2D eigenvalue weighted by Gasteiger charge is -2.02. The summed E-state index contributed by atoms with van der Waals surface area (Å²) < 4.78 is 0.925. The van der Waals surface area contributed by atoms with Crippen molar-refractivity contribution in [3.8, 4) is 0 Å². The molecule has 2 N–H and O–H groups in total. The Morgan fingerprint density at radius 1 is 1.11 bits per heavy atom. The molecule has 0 aromatic heterocycles. The van der Waals surface area contributed by atoms with Gasteiger partial charge in [0.2, 0.25) is 11.8 Å². The average molecular weight is 325 g/mol. The molecule has 0 spiro atoms. The minimum absolute atomic E-state index is 0.286. The predicted molar refractivity (Wildman–Crippen MR) is 76.8 cm³/mol. The summed E-state index contributed by atoms with van der Waals surface area (Å²) >= 11 is 3.33. The highest BCUT2D eigenvalue weighted by molar-refractivity contribution is 9.10. The quantitative estimate of drug-likeness (QED) is 0.648. The zero-order chi connectivity index (χ0) is 14.3.